The fourth-order valence-corrected chi connectivity index (χ4v) is 2.85. The summed E-state index contributed by atoms with van der Waals surface area (Å²) >= 11 is 6.74. The fraction of sp³-hybridized carbons (Fsp3) is 0.0714. The molecule has 0 bridgehead atoms. The Bertz CT molecular complexity index is 662. The smallest absolute Gasteiger partial charge is 0.335 e. The van der Waals surface area contributed by atoms with E-state index in [1.807, 2.05) is 18.2 Å². The Kier molecular flexibility index (Phi) is 4.77. The van der Waals surface area contributed by atoms with Gasteiger partial charge in [0.25, 0.3) is 0 Å². The Morgan fingerprint density at radius 2 is 1.95 bits per heavy atom. The number of carboxylic acids is 1. The molecule has 0 aliphatic heterocycles. The number of anilines is 1. The van der Waals surface area contributed by atoms with E-state index in [4.69, 9.17) is 5.11 Å². The largest absolute Gasteiger partial charge is 0.478 e. The maximum absolute atomic E-state index is 13.6. The molecule has 0 unspecified atom stereocenters. The van der Waals surface area contributed by atoms with Crippen LogP contribution in [0.2, 0.25) is 0 Å². The highest BCUT2D eigenvalue weighted by molar-refractivity contribution is 9.11. The van der Waals surface area contributed by atoms with Gasteiger partial charge in [0.15, 0.2) is 0 Å². The molecule has 20 heavy (non-hydrogen) atoms. The summed E-state index contributed by atoms with van der Waals surface area (Å²) in [7, 11) is 0. The molecular weight excluding hydrogens is 393 g/mol. The number of rotatable bonds is 4. The summed E-state index contributed by atoms with van der Waals surface area (Å²) in [5, 5.41) is 12.0. The second-order valence-corrected chi connectivity index (χ2v) is 5.86. The number of nitrogens with one attached hydrogen (secondary N) is 1. The average Bonchev–Trinajstić information content (AvgIpc) is 2.39. The van der Waals surface area contributed by atoms with Crippen LogP contribution < -0.4 is 5.32 Å². The highest BCUT2D eigenvalue weighted by Crippen LogP contribution is 2.26. The molecule has 0 atom stereocenters. The van der Waals surface area contributed by atoms with Gasteiger partial charge in [-0.15, -0.1) is 0 Å². The molecule has 3 nitrogen and oxygen atoms in total. The average molecular weight is 403 g/mol. The molecule has 0 saturated heterocycles. The van der Waals surface area contributed by atoms with Crippen LogP contribution >= 0.6 is 31.9 Å². The van der Waals surface area contributed by atoms with Crippen molar-refractivity contribution in [3.8, 4) is 0 Å². The Balaban J connectivity index is 2.18. The summed E-state index contributed by atoms with van der Waals surface area (Å²) in [6, 6.07) is 9.31. The molecule has 0 radical (unpaired) electrons. The van der Waals surface area contributed by atoms with Crippen LogP contribution in [0.4, 0.5) is 10.1 Å². The zero-order valence-electron chi connectivity index (χ0n) is 10.2. The molecule has 104 valence electrons. The second-order valence-electron chi connectivity index (χ2n) is 4.09. The summed E-state index contributed by atoms with van der Waals surface area (Å²) < 4.78 is 15.4. The van der Waals surface area contributed by atoms with Crippen LogP contribution in [-0.2, 0) is 6.54 Å². The number of hydrogen-bond donors (Lipinski definition) is 2. The van der Waals surface area contributed by atoms with E-state index in [1.165, 1.54) is 12.1 Å². The van der Waals surface area contributed by atoms with E-state index in [9.17, 15) is 9.18 Å². The first-order valence-electron chi connectivity index (χ1n) is 5.68. The molecule has 2 aromatic carbocycles. The van der Waals surface area contributed by atoms with Gasteiger partial charge < -0.3 is 10.4 Å². The molecule has 0 spiro atoms. The van der Waals surface area contributed by atoms with Crippen LogP contribution in [-0.4, -0.2) is 11.1 Å². The zero-order chi connectivity index (χ0) is 14.7. The van der Waals surface area contributed by atoms with Crippen molar-refractivity contribution in [2.75, 3.05) is 5.32 Å². The van der Waals surface area contributed by atoms with E-state index < -0.39 is 11.8 Å². The third-order valence-corrected chi connectivity index (χ3v) is 3.84. The molecule has 0 aliphatic carbocycles. The number of hydrogen-bond acceptors (Lipinski definition) is 2. The second kappa shape index (κ2) is 6.37. The Labute approximate surface area is 132 Å². The molecule has 0 aromatic heterocycles. The number of aromatic carboxylic acids is 1. The Hall–Kier alpha value is -1.40. The number of carboxylic acid groups (broad SMARTS) is 1. The van der Waals surface area contributed by atoms with Gasteiger partial charge in [-0.25, -0.2) is 9.18 Å². The van der Waals surface area contributed by atoms with E-state index in [-0.39, 0.29) is 12.1 Å². The quantitative estimate of drug-likeness (QED) is 0.781. The van der Waals surface area contributed by atoms with E-state index in [0.29, 0.717) is 5.56 Å². The summed E-state index contributed by atoms with van der Waals surface area (Å²) in [6.45, 7) is 0.202. The molecular formula is C14H10Br2FNO2. The molecule has 2 rings (SSSR count). The van der Waals surface area contributed by atoms with Crippen LogP contribution in [0, 0.1) is 5.82 Å². The molecule has 0 fully saturated rings. The van der Waals surface area contributed by atoms with Crippen molar-refractivity contribution in [3.63, 3.8) is 0 Å². The minimum atomic E-state index is -1.07. The van der Waals surface area contributed by atoms with E-state index >= 15 is 0 Å². The van der Waals surface area contributed by atoms with Crippen molar-refractivity contribution < 1.29 is 14.3 Å². The summed E-state index contributed by atoms with van der Waals surface area (Å²) in [6.07, 6.45) is 0. The molecule has 2 aromatic rings. The van der Waals surface area contributed by atoms with E-state index in [1.54, 1.807) is 0 Å². The lowest BCUT2D eigenvalue weighted by atomic mass is 10.1. The third kappa shape index (κ3) is 3.58. The predicted octanol–water partition coefficient (Wildman–Crippen LogP) is 4.66. The number of benzene rings is 2. The highest BCUT2D eigenvalue weighted by Gasteiger charge is 2.09. The molecule has 6 heteroatoms. The molecule has 2 N–H and O–H groups in total. The summed E-state index contributed by atoms with van der Waals surface area (Å²) in [5.41, 5.74) is 1.17. The lowest BCUT2D eigenvalue weighted by Crippen LogP contribution is -2.05. The summed E-state index contributed by atoms with van der Waals surface area (Å²) in [4.78, 5) is 10.9. The maximum Gasteiger partial charge on any atom is 0.335 e. The van der Waals surface area contributed by atoms with Crippen LogP contribution in [0.5, 0.6) is 0 Å². The van der Waals surface area contributed by atoms with Crippen molar-refractivity contribution in [2.45, 2.75) is 6.54 Å². The van der Waals surface area contributed by atoms with Crippen LogP contribution in [0.3, 0.4) is 0 Å². The van der Waals surface area contributed by atoms with Crippen molar-refractivity contribution in [2.24, 2.45) is 0 Å². The van der Waals surface area contributed by atoms with Gasteiger partial charge in [0.05, 0.1) is 5.56 Å². The van der Waals surface area contributed by atoms with Gasteiger partial charge in [-0.1, -0.05) is 15.9 Å². The van der Waals surface area contributed by atoms with Gasteiger partial charge in [0, 0.05) is 26.7 Å². The first kappa shape index (κ1) is 15.0. The normalized spacial score (nSPS) is 10.3. The Morgan fingerprint density at radius 3 is 2.60 bits per heavy atom. The molecule has 0 amide bonds. The van der Waals surface area contributed by atoms with Gasteiger partial charge in [0.1, 0.15) is 5.82 Å². The van der Waals surface area contributed by atoms with Crippen LogP contribution in [0.1, 0.15) is 15.9 Å². The van der Waals surface area contributed by atoms with Crippen molar-refractivity contribution >= 4 is 43.5 Å². The van der Waals surface area contributed by atoms with Crippen molar-refractivity contribution in [1.29, 1.82) is 0 Å². The molecule has 0 aliphatic rings. The SMILES string of the molecule is O=C(O)c1ccc(F)c(CNc2ccc(Br)cc2Br)c1. The monoisotopic (exact) mass is 401 g/mol. The van der Waals surface area contributed by atoms with Gasteiger partial charge in [-0.05, 0) is 52.3 Å². The van der Waals surface area contributed by atoms with E-state index in [0.717, 1.165) is 20.7 Å². The lowest BCUT2D eigenvalue weighted by molar-refractivity contribution is 0.0696. The van der Waals surface area contributed by atoms with Gasteiger partial charge in [-0.3, -0.25) is 0 Å². The Morgan fingerprint density at radius 1 is 1.20 bits per heavy atom. The molecule has 0 saturated carbocycles. The zero-order valence-corrected chi connectivity index (χ0v) is 13.3. The van der Waals surface area contributed by atoms with Crippen LogP contribution in [0.25, 0.3) is 0 Å². The lowest BCUT2D eigenvalue weighted by Gasteiger charge is -2.10. The predicted molar refractivity (Wildman–Crippen MR) is 82.5 cm³/mol. The van der Waals surface area contributed by atoms with Gasteiger partial charge in [-0.2, -0.15) is 0 Å². The highest BCUT2D eigenvalue weighted by atomic mass is 79.9. The van der Waals surface area contributed by atoms with E-state index in [2.05, 4.69) is 37.2 Å². The minimum Gasteiger partial charge on any atom is -0.478 e. The number of halogens is 3. The fourth-order valence-electron chi connectivity index (χ4n) is 1.67. The minimum absolute atomic E-state index is 0.0677. The topological polar surface area (TPSA) is 49.3 Å². The standard InChI is InChI=1S/C14H10Br2FNO2/c15-10-2-4-13(11(16)6-10)18-7-9-5-8(14(19)20)1-3-12(9)17/h1-6,18H,7H2,(H,19,20). The number of carbonyl (C=O) groups is 1. The first-order valence-corrected chi connectivity index (χ1v) is 7.26. The third-order valence-electron chi connectivity index (χ3n) is 2.69. The first-order chi connectivity index (χ1) is 9.47. The van der Waals surface area contributed by atoms with Gasteiger partial charge >= 0.3 is 5.97 Å². The van der Waals surface area contributed by atoms with Crippen molar-refractivity contribution in [1.82, 2.24) is 0 Å². The van der Waals surface area contributed by atoms with Crippen LogP contribution in [0.15, 0.2) is 45.3 Å². The molecule has 0 heterocycles. The maximum atomic E-state index is 13.6. The van der Waals surface area contributed by atoms with Gasteiger partial charge in [0.2, 0.25) is 0 Å². The summed E-state index contributed by atoms with van der Waals surface area (Å²) in [5.74, 6) is -1.51. The van der Waals surface area contributed by atoms with Crippen molar-refractivity contribution in [3.05, 3.63) is 62.3 Å².